The van der Waals surface area contributed by atoms with Gasteiger partial charge in [-0.3, -0.25) is 4.79 Å². The fraction of sp³-hybridized carbons (Fsp3) is 0.917. The van der Waals surface area contributed by atoms with Crippen LogP contribution in [0.4, 0.5) is 0 Å². The van der Waals surface area contributed by atoms with Crippen LogP contribution in [0.5, 0.6) is 0 Å². The molecular weight excluding hydrogens is 188 g/mol. The molecule has 1 aliphatic rings. The van der Waals surface area contributed by atoms with E-state index < -0.39 is 0 Å². The molecule has 1 rings (SSSR count). The molecule has 3 nitrogen and oxygen atoms in total. The van der Waals surface area contributed by atoms with Gasteiger partial charge in [0.05, 0.1) is 0 Å². The molecule has 0 saturated heterocycles. The predicted molar refractivity (Wildman–Crippen MR) is 62.5 cm³/mol. The number of nitrogens with two attached hydrogens (primary N) is 1. The zero-order valence-electron chi connectivity index (χ0n) is 10.0. The van der Waals surface area contributed by atoms with Crippen molar-refractivity contribution in [3.8, 4) is 0 Å². The number of nitrogens with one attached hydrogen (secondary N) is 1. The van der Waals surface area contributed by atoms with Crippen LogP contribution < -0.4 is 11.1 Å². The van der Waals surface area contributed by atoms with Gasteiger partial charge in [-0.2, -0.15) is 0 Å². The summed E-state index contributed by atoms with van der Waals surface area (Å²) in [6.45, 7) is 5.43. The predicted octanol–water partition coefficient (Wildman–Crippen LogP) is 1.81. The minimum absolute atomic E-state index is 0.212. The van der Waals surface area contributed by atoms with Gasteiger partial charge in [-0.15, -0.1) is 0 Å². The molecule has 0 spiro atoms. The van der Waals surface area contributed by atoms with Gasteiger partial charge >= 0.3 is 0 Å². The SMILES string of the molecule is CC1(C)CCCC(NCCC(N)=O)CC1. The van der Waals surface area contributed by atoms with Crippen molar-refractivity contribution in [2.75, 3.05) is 6.54 Å². The topological polar surface area (TPSA) is 55.1 Å². The minimum atomic E-state index is -0.212. The molecule has 0 aromatic rings. The molecule has 88 valence electrons. The van der Waals surface area contributed by atoms with Crippen molar-refractivity contribution in [1.29, 1.82) is 0 Å². The van der Waals surface area contributed by atoms with Crippen LogP contribution in [0.25, 0.3) is 0 Å². The van der Waals surface area contributed by atoms with Crippen molar-refractivity contribution >= 4 is 5.91 Å². The molecule has 0 aliphatic heterocycles. The smallest absolute Gasteiger partial charge is 0.218 e. The van der Waals surface area contributed by atoms with Crippen molar-refractivity contribution in [2.24, 2.45) is 11.1 Å². The van der Waals surface area contributed by atoms with Crippen molar-refractivity contribution in [2.45, 2.75) is 58.4 Å². The third-order valence-corrected chi connectivity index (χ3v) is 3.38. The Balaban J connectivity index is 2.23. The quantitative estimate of drug-likeness (QED) is 0.698. The largest absolute Gasteiger partial charge is 0.370 e. The molecule has 1 fully saturated rings. The summed E-state index contributed by atoms with van der Waals surface area (Å²) >= 11 is 0. The second-order valence-electron chi connectivity index (χ2n) is 5.46. The van der Waals surface area contributed by atoms with E-state index in [4.69, 9.17) is 5.73 Å². The van der Waals surface area contributed by atoms with Crippen LogP contribution in [-0.2, 0) is 4.79 Å². The van der Waals surface area contributed by atoms with E-state index in [-0.39, 0.29) is 5.91 Å². The summed E-state index contributed by atoms with van der Waals surface area (Å²) in [5, 5.41) is 3.43. The third kappa shape index (κ3) is 5.17. The van der Waals surface area contributed by atoms with Gasteiger partial charge in [0.2, 0.25) is 5.91 Å². The van der Waals surface area contributed by atoms with Crippen LogP contribution in [0.15, 0.2) is 0 Å². The number of amides is 1. The van der Waals surface area contributed by atoms with Crippen LogP contribution in [0.3, 0.4) is 0 Å². The standard InChI is InChI=1S/C12H24N2O/c1-12(2)7-3-4-10(5-8-12)14-9-6-11(13)15/h10,14H,3-9H2,1-2H3,(H2,13,15). The van der Waals surface area contributed by atoms with Crippen LogP contribution >= 0.6 is 0 Å². The first kappa shape index (κ1) is 12.5. The average Bonchev–Trinajstić information content (AvgIpc) is 2.27. The van der Waals surface area contributed by atoms with Crippen molar-refractivity contribution in [3.63, 3.8) is 0 Å². The fourth-order valence-electron chi connectivity index (χ4n) is 2.26. The first-order valence-electron chi connectivity index (χ1n) is 6.01. The summed E-state index contributed by atoms with van der Waals surface area (Å²) in [6, 6.07) is 0.589. The molecule has 3 heteroatoms. The Morgan fingerprint density at radius 2 is 2.13 bits per heavy atom. The summed E-state index contributed by atoms with van der Waals surface area (Å²) in [5.41, 5.74) is 5.60. The van der Waals surface area contributed by atoms with Crippen LogP contribution in [0.2, 0.25) is 0 Å². The lowest BCUT2D eigenvalue weighted by molar-refractivity contribution is -0.117. The van der Waals surface area contributed by atoms with E-state index in [9.17, 15) is 4.79 Å². The van der Waals surface area contributed by atoms with Crippen molar-refractivity contribution in [1.82, 2.24) is 5.32 Å². The van der Waals surface area contributed by atoms with E-state index in [1.807, 2.05) is 0 Å². The summed E-state index contributed by atoms with van der Waals surface area (Å²) in [5.74, 6) is -0.212. The van der Waals surface area contributed by atoms with Gasteiger partial charge < -0.3 is 11.1 Å². The first-order chi connectivity index (χ1) is 6.99. The molecular formula is C12H24N2O. The Morgan fingerprint density at radius 3 is 2.80 bits per heavy atom. The van der Waals surface area contributed by atoms with E-state index in [2.05, 4.69) is 19.2 Å². The molecule has 1 aliphatic carbocycles. The van der Waals surface area contributed by atoms with Crippen LogP contribution in [0.1, 0.15) is 52.4 Å². The third-order valence-electron chi connectivity index (χ3n) is 3.38. The van der Waals surface area contributed by atoms with E-state index in [0.29, 0.717) is 17.9 Å². The first-order valence-corrected chi connectivity index (χ1v) is 6.01. The van der Waals surface area contributed by atoms with Crippen molar-refractivity contribution < 1.29 is 4.79 Å². The molecule has 0 aromatic heterocycles. The van der Waals surface area contributed by atoms with Crippen LogP contribution in [0, 0.1) is 5.41 Å². The van der Waals surface area contributed by atoms with E-state index in [1.165, 1.54) is 32.1 Å². The molecule has 1 unspecified atom stereocenters. The van der Waals surface area contributed by atoms with Gasteiger partial charge in [-0.1, -0.05) is 20.3 Å². The molecule has 0 radical (unpaired) electrons. The Hall–Kier alpha value is -0.570. The Labute approximate surface area is 92.8 Å². The Morgan fingerprint density at radius 1 is 1.40 bits per heavy atom. The maximum absolute atomic E-state index is 10.6. The molecule has 1 amide bonds. The molecule has 1 saturated carbocycles. The number of carbonyl (C=O) groups is 1. The highest BCUT2D eigenvalue weighted by atomic mass is 16.1. The number of carbonyl (C=O) groups excluding carboxylic acids is 1. The highest BCUT2D eigenvalue weighted by Gasteiger charge is 2.23. The highest BCUT2D eigenvalue weighted by Crippen LogP contribution is 2.33. The summed E-state index contributed by atoms with van der Waals surface area (Å²) in [6.07, 6.45) is 6.82. The monoisotopic (exact) mass is 212 g/mol. The summed E-state index contributed by atoms with van der Waals surface area (Å²) < 4.78 is 0. The van der Waals surface area contributed by atoms with E-state index in [0.717, 1.165) is 6.54 Å². The van der Waals surface area contributed by atoms with Gasteiger partial charge in [-0.05, 0) is 31.1 Å². The van der Waals surface area contributed by atoms with Crippen LogP contribution in [-0.4, -0.2) is 18.5 Å². The number of hydrogen-bond donors (Lipinski definition) is 2. The zero-order valence-corrected chi connectivity index (χ0v) is 10.0. The minimum Gasteiger partial charge on any atom is -0.370 e. The average molecular weight is 212 g/mol. The number of hydrogen-bond acceptors (Lipinski definition) is 2. The van der Waals surface area contributed by atoms with Gasteiger partial charge in [0.15, 0.2) is 0 Å². The van der Waals surface area contributed by atoms with E-state index in [1.54, 1.807) is 0 Å². The summed E-state index contributed by atoms with van der Waals surface area (Å²) in [4.78, 5) is 10.6. The van der Waals surface area contributed by atoms with Crippen molar-refractivity contribution in [3.05, 3.63) is 0 Å². The van der Waals surface area contributed by atoms with Gasteiger partial charge in [-0.25, -0.2) is 0 Å². The van der Waals surface area contributed by atoms with Gasteiger partial charge in [0, 0.05) is 19.0 Å². The lowest BCUT2D eigenvalue weighted by Gasteiger charge is -2.22. The number of primary amides is 1. The molecule has 1 atom stereocenters. The highest BCUT2D eigenvalue weighted by molar-refractivity contribution is 5.73. The molecule has 0 bridgehead atoms. The maximum atomic E-state index is 10.6. The second-order valence-corrected chi connectivity index (χ2v) is 5.46. The van der Waals surface area contributed by atoms with E-state index >= 15 is 0 Å². The molecule has 0 aromatic carbocycles. The fourth-order valence-corrected chi connectivity index (χ4v) is 2.26. The van der Waals surface area contributed by atoms with Gasteiger partial charge in [0.25, 0.3) is 0 Å². The Bertz CT molecular complexity index is 214. The maximum Gasteiger partial charge on any atom is 0.218 e. The molecule has 15 heavy (non-hydrogen) atoms. The molecule has 0 heterocycles. The lowest BCUT2D eigenvalue weighted by Crippen LogP contribution is -2.31. The lowest BCUT2D eigenvalue weighted by atomic mass is 9.85. The molecule has 3 N–H and O–H groups in total. The second kappa shape index (κ2) is 5.50. The Kier molecular flexibility index (Phi) is 4.58. The number of rotatable bonds is 4. The van der Waals surface area contributed by atoms with Gasteiger partial charge in [0.1, 0.15) is 0 Å². The summed E-state index contributed by atoms with van der Waals surface area (Å²) in [7, 11) is 0. The zero-order chi connectivity index (χ0) is 11.3. The normalized spacial score (nSPS) is 25.9.